The van der Waals surface area contributed by atoms with Gasteiger partial charge in [-0.3, -0.25) is 0 Å². The molecule has 0 radical (unpaired) electrons. The first-order valence-corrected chi connectivity index (χ1v) is 8.52. The summed E-state index contributed by atoms with van der Waals surface area (Å²) in [7, 11) is -0.963. The Morgan fingerprint density at radius 3 is 2.79 bits per heavy atom. The van der Waals surface area contributed by atoms with Gasteiger partial charge in [0.2, 0.25) is 0 Å². The molecule has 108 valence electrons. The van der Waals surface area contributed by atoms with Gasteiger partial charge in [0.15, 0.2) is 0 Å². The van der Waals surface area contributed by atoms with Crippen LogP contribution in [0.3, 0.4) is 0 Å². The van der Waals surface area contributed by atoms with Crippen molar-refractivity contribution < 1.29 is 4.21 Å². The summed E-state index contributed by atoms with van der Waals surface area (Å²) in [5.74, 6) is 0.729. The summed E-state index contributed by atoms with van der Waals surface area (Å²) in [6.07, 6.45) is 6.61. The predicted octanol–water partition coefficient (Wildman–Crippen LogP) is 3.23. The summed E-state index contributed by atoms with van der Waals surface area (Å²) >= 11 is 0. The van der Waals surface area contributed by atoms with E-state index in [1.807, 2.05) is 12.1 Å². The number of nitrogens with one attached hydrogen (secondary N) is 1. The second-order valence-corrected chi connectivity index (χ2v) is 6.11. The van der Waals surface area contributed by atoms with E-state index in [-0.39, 0.29) is 0 Å². The predicted molar refractivity (Wildman–Crippen MR) is 84.6 cm³/mol. The molecule has 1 rings (SSSR count). The zero-order valence-corrected chi connectivity index (χ0v) is 12.7. The summed E-state index contributed by atoms with van der Waals surface area (Å²) in [5, 5.41) is 0. The molecule has 0 aliphatic rings. The maximum absolute atomic E-state index is 11.9. The van der Waals surface area contributed by atoms with Crippen molar-refractivity contribution in [2.45, 2.75) is 45.4 Å². The third-order valence-electron chi connectivity index (χ3n) is 3.01. The van der Waals surface area contributed by atoms with Gasteiger partial charge in [-0.2, -0.15) is 0 Å². The van der Waals surface area contributed by atoms with Crippen LogP contribution in [0.25, 0.3) is 0 Å². The molecule has 0 amide bonds. The Labute approximate surface area is 119 Å². The number of benzene rings is 1. The number of anilines is 1. The minimum absolute atomic E-state index is 0.709. The molecular formula is C15H26N2OS. The molecule has 0 spiro atoms. The molecule has 1 atom stereocenters. The Hall–Kier alpha value is -0.870. The van der Waals surface area contributed by atoms with Crippen molar-refractivity contribution in [2.24, 2.45) is 5.73 Å². The van der Waals surface area contributed by atoms with E-state index in [9.17, 15) is 4.21 Å². The molecule has 0 aliphatic heterocycles. The molecule has 0 aromatic heterocycles. The SMILES string of the molecule is CCCCCCS(=O)Nc1cccc(CCCN)c1. The summed E-state index contributed by atoms with van der Waals surface area (Å²) in [6, 6.07) is 8.13. The number of hydrogen-bond donors (Lipinski definition) is 2. The smallest absolute Gasteiger partial charge is 0.117 e. The summed E-state index contributed by atoms with van der Waals surface area (Å²) in [5.41, 5.74) is 7.71. The average molecular weight is 282 g/mol. The molecule has 1 unspecified atom stereocenters. The zero-order valence-electron chi connectivity index (χ0n) is 11.9. The van der Waals surface area contributed by atoms with Crippen molar-refractivity contribution in [3.8, 4) is 0 Å². The fourth-order valence-corrected chi connectivity index (χ4v) is 2.90. The van der Waals surface area contributed by atoms with Crippen LogP contribution in [0.1, 0.15) is 44.6 Å². The van der Waals surface area contributed by atoms with Crippen molar-refractivity contribution in [3.63, 3.8) is 0 Å². The van der Waals surface area contributed by atoms with Crippen LogP contribution in [-0.2, 0) is 17.4 Å². The van der Waals surface area contributed by atoms with Gasteiger partial charge < -0.3 is 10.5 Å². The van der Waals surface area contributed by atoms with Crippen LogP contribution in [0.4, 0.5) is 5.69 Å². The van der Waals surface area contributed by atoms with Crippen LogP contribution in [0, 0.1) is 0 Å². The molecule has 1 aromatic carbocycles. The van der Waals surface area contributed by atoms with Crippen molar-refractivity contribution in [2.75, 3.05) is 17.0 Å². The lowest BCUT2D eigenvalue weighted by Crippen LogP contribution is -2.09. The average Bonchev–Trinajstić information content (AvgIpc) is 2.42. The fraction of sp³-hybridized carbons (Fsp3) is 0.600. The van der Waals surface area contributed by atoms with Gasteiger partial charge in [0, 0.05) is 11.4 Å². The molecule has 0 aliphatic carbocycles. The van der Waals surface area contributed by atoms with Crippen LogP contribution in [0.5, 0.6) is 0 Å². The molecule has 0 saturated heterocycles. The van der Waals surface area contributed by atoms with Crippen molar-refractivity contribution >= 4 is 16.7 Å². The third kappa shape index (κ3) is 7.33. The highest BCUT2D eigenvalue weighted by molar-refractivity contribution is 7.86. The van der Waals surface area contributed by atoms with Gasteiger partial charge in [0.25, 0.3) is 0 Å². The second-order valence-electron chi connectivity index (χ2n) is 4.80. The van der Waals surface area contributed by atoms with Gasteiger partial charge in [-0.05, 0) is 43.5 Å². The van der Waals surface area contributed by atoms with Gasteiger partial charge in [0.05, 0.1) is 0 Å². The monoisotopic (exact) mass is 282 g/mol. The molecule has 3 nitrogen and oxygen atoms in total. The highest BCUT2D eigenvalue weighted by Crippen LogP contribution is 2.13. The number of aryl methyl sites for hydroxylation is 1. The van der Waals surface area contributed by atoms with E-state index in [0.717, 1.165) is 30.7 Å². The number of nitrogens with two attached hydrogens (primary N) is 1. The third-order valence-corrected chi connectivity index (χ3v) is 4.13. The van der Waals surface area contributed by atoms with E-state index in [1.165, 1.54) is 24.8 Å². The highest BCUT2D eigenvalue weighted by Gasteiger charge is 2.01. The molecule has 1 aromatic rings. The van der Waals surface area contributed by atoms with Crippen molar-refractivity contribution in [1.82, 2.24) is 0 Å². The molecule has 0 fully saturated rings. The second kappa shape index (κ2) is 9.98. The summed E-state index contributed by atoms with van der Waals surface area (Å²) < 4.78 is 15.0. The van der Waals surface area contributed by atoms with Crippen LogP contribution in [0.15, 0.2) is 24.3 Å². The van der Waals surface area contributed by atoms with Crippen LogP contribution in [0.2, 0.25) is 0 Å². The topological polar surface area (TPSA) is 55.1 Å². The lowest BCUT2D eigenvalue weighted by molar-refractivity contribution is 0.671. The molecule has 0 bridgehead atoms. The molecular weight excluding hydrogens is 256 g/mol. The first-order chi connectivity index (χ1) is 9.26. The lowest BCUT2D eigenvalue weighted by atomic mass is 10.1. The van der Waals surface area contributed by atoms with E-state index < -0.39 is 11.0 Å². The highest BCUT2D eigenvalue weighted by atomic mass is 32.2. The molecule has 0 saturated carbocycles. The summed E-state index contributed by atoms with van der Waals surface area (Å²) in [6.45, 7) is 2.89. The molecule has 3 N–H and O–H groups in total. The lowest BCUT2D eigenvalue weighted by Gasteiger charge is -2.08. The van der Waals surface area contributed by atoms with E-state index in [4.69, 9.17) is 5.73 Å². The van der Waals surface area contributed by atoms with Crippen LogP contribution in [-0.4, -0.2) is 16.5 Å². The van der Waals surface area contributed by atoms with Crippen molar-refractivity contribution in [1.29, 1.82) is 0 Å². The van der Waals surface area contributed by atoms with E-state index in [0.29, 0.717) is 6.54 Å². The van der Waals surface area contributed by atoms with E-state index >= 15 is 0 Å². The number of rotatable bonds is 10. The minimum atomic E-state index is -0.963. The number of unbranched alkanes of at least 4 members (excludes halogenated alkanes) is 3. The Kier molecular flexibility index (Phi) is 8.50. The Morgan fingerprint density at radius 1 is 1.21 bits per heavy atom. The van der Waals surface area contributed by atoms with Gasteiger partial charge >= 0.3 is 0 Å². The van der Waals surface area contributed by atoms with Crippen LogP contribution >= 0.6 is 0 Å². The van der Waals surface area contributed by atoms with Gasteiger partial charge in [0.1, 0.15) is 11.0 Å². The Morgan fingerprint density at radius 2 is 2.05 bits per heavy atom. The Bertz CT molecular complexity index is 382. The van der Waals surface area contributed by atoms with Gasteiger partial charge in [-0.25, -0.2) is 4.21 Å². The first kappa shape index (κ1) is 16.2. The quantitative estimate of drug-likeness (QED) is 0.647. The zero-order chi connectivity index (χ0) is 13.9. The van der Waals surface area contributed by atoms with Gasteiger partial charge in [-0.15, -0.1) is 0 Å². The Balaban J connectivity index is 2.36. The molecule has 19 heavy (non-hydrogen) atoms. The maximum atomic E-state index is 11.9. The fourth-order valence-electron chi connectivity index (χ4n) is 1.94. The minimum Gasteiger partial charge on any atom is -0.330 e. The maximum Gasteiger partial charge on any atom is 0.117 e. The number of hydrogen-bond acceptors (Lipinski definition) is 2. The largest absolute Gasteiger partial charge is 0.330 e. The molecule has 4 heteroatoms. The first-order valence-electron chi connectivity index (χ1n) is 7.20. The van der Waals surface area contributed by atoms with Gasteiger partial charge in [-0.1, -0.05) is 38.3 Å². The van der Waals surface area contributed by atoms with E-state index in [2.05, 4.69) is 23.8 Å². The summed E-state index contributed by atoms with van der Waals surface area (Å²) in [4.78, 5) is 0. The van der Waals surface area contributed by atoms with Crippen LogP contribution < -0.4 is 10.5 Å². The van der Waals surface area contributed by atoms with Crippen molar-refractivity contribution in [3.05, 3.63) is 29.8 Å². The standard InChI is InChI=1S/C15H26N2OS/c1-2-3-4-5-12-19(18)17-15-10-6-8-14(13-15)9-7-11-16/h6,8,10,13,17H,2-5,7,9,11-12,16H2,1H3. The normalized spacial score (nSPS) is 12.3. The molecule has 0 heterocycles. The van der Waals surface area contributed by atoms with E-state index in [1.54, 1.807) is 0 Å².